The van der Waals surface area contributed by atoms with Gasteiger partial charge in [-0.1, -0.05) is 37.6 Å². The van der Waals surface area contributed by atoms with Gasteiger partial charge in [-0.3, -0.25) is 14.5 Å². The van der Waals surface area contributed by atoms with Gasteiger partial charge in [-0.2, -0.15) is 0 Å². The highest BCUT2D eigenvalue weighted by molar-refractivity contribution is 6.30. The van der Waals surface area contributed by atoms with E-state index >= 15 is 0 Å². The zero-order valence-corrected chi connectivity index (χ0v) is 15.8. The molecule has 1 fully saturated rings. The molecular weight excluding hydrogens is 338 g/mol. The Labute approximate surface area is 155 Å². The average molecular weight is 366 g/mol. The van der Waals surface area contributed by atoms with Gasteiger partial charge < -0.3 is 10.6 Å². The lowest BCUT2D eigenvalue weighted by Crippen LogP contribution is -2.56. The quantitative estimate of drug-likeness (QED) is 0.742. The minimum Gasteiger partial charge on any atom is -0.356 e. The number of rotatable bonds is 8. The molecule has 1 unspecified atom stereocenters. The Morgan fingerprint density at radius 1 is 1.36 bits per heavy atom. The monoisotopic (exact) mass is 365 g/mol. The lowest BCUT2D eigenvalue weighted by atomic mass is 10.1. The van der Waals surface area contributed by atoms with Gasteiger partial charge in [0, 0.05) is 24.7 Å². The third-order valence-electron chi connectivity index (χ3n) is 4.46. The molecule has 5 nitrogen and oxygen atoms in total. The maximum absolute atomic E-state index is 12.2. The van der Waals surface area contributed by atoms with Crippen molar-refractivity contribution in [3.05, 3.63) is 34.9 Å². The third-order valence-corrected chi connectivity index (χ3v) is 4.72. The largest absolute Gasteiger partial charge is 0.356 e. The smallest absolute Gasteiger partial charge is 0.237 e. The van der Waals surface area contributed by atoms with Gasteiger partial charge in [-0.05, 0) is 43.0 Å². The number of carbonyl (C=O) groups excluding carboxylic acids is 2. The molecule has 25 heavy (non-hydrogen) atoms. The van der Waals surface area contributed by atoms with Crippen molar-refractivity contribution in [2.45, 2.75) is 39.2 Å². The van der Waals surface area contributed by atoms with E-state index in [1.54, 1.807) is 0 Å². The van der Waals surface area contributed by atoms with Crippen LogP contribution >= 0.6 is 11.6 Å². The molecule has 1 heterocycles. The first-order valence-corrected chi connectivity index (χ1v) is 9.36. The van der Waals surface area contributed by atoms with Gasteiger partial charge in [0.15, 0.2) is 0 Å². The van der Waals surface area contributed by atoms with Crippen LogP contribution < -0.4 is 10.6 Å². The molecule has 0 aromatic heterocycles. The Hall–Kier alpha value is -1.59. The summed E-state index contributed by atoms with van der Waals surface area (Å²) in [5, 5.41) is 6.50. The molecular formula is C19H28ClN3O2. The number of hydrogen-bond donors (Lipinski definition) is 2. The van der Waals surface area contributed by atoms with Crippen LogP contribution in [0.1, 0.15) is 32.3 Å². The number of nitrogens with one attached hydrogen (secondary N) is 2. The molecule has 2 amide bonds. The number of carbonyl (C=O) groups is 2. The van der Waals surface area contributed by atoms with Crippen LogP contribution in [-0.4, -0.2) is 48.9 Å². The first-order valence-electron chi connectivity index (χ1n) is 8.98. The van der Waals surface area contributed by atoms with E-state index in [1.807, 2.05) is 24.3 Å². The van der Waals surface area contributed by atoms with Crippen molar-refractivity contribution in [2.24, 2.45) is 5.92 Å². The summed E-state index contributed by atoms with van der Waals surface area (Å²) >= 11 is 5.86. The molecule has 0 saturated carbocycles. The molecule has 2 N–H and O–H groups in total. The number of amides is 2. The van der Waals surface area contributed by atoms with Gasteiger partial charge in [0.05, 0.1) is 12.5 Å². The van der Waals surface area contributed by atoms with Crippen LogP contribution in [-0.2, 0) is 16.0 Å². The molecule has 0 radical (unpaired) electrons. The maximum atomic E-state index is 12.2. The van der Waals surface area contributed by atoms with Crippen molar-refractivity contribution in [2.75, 3.05) is 26.2 Å². The molecule has 1 saturated heterocycles. The first kappa shape index (κ1) is 19.7. The van der Waals surface area contributed by atoms with Gasteiger partial charge >= 0.3 is 0 Å². The lowest BCUT2D eigenvalue weighted by Gasteiger charge is -2.35. The van der Waals surface area contributed by atoms with Crippen molar-refractivity contribution in [1.82, 2.24) is 15.5 Å². The van der Waals surface area contributed by atoms with E-state index in [9.17, 15) is 9.59 Å². The zero-order valence-electron chi connectivity index (χ0n) is 15.1. The topological polar surface area (TPSA) is 61.4 Å². The van der Waals surface area contributed by atoms with Crippen LogP contribution in [0.2, 0.25) is 5.02 Å². The van der Waals surface area contributed by atoms with E-state index in [0.717, 1.165) is 31.5 Å². The van der Waals surface area contributed by atoms with Crippen molar-refractivity contribution in [1.29, 1.82) is 0 Å². The summed E-state index contributed by atoms with van der Waals surface area (Å²) in [5.41, 5.74) is 1.12. The molecule has 138 valence electrons. The molecule has 2 rings (SSSR count). The fourth-order valence-electron chi connectivity index (χ4n) is 2.92. The first-order chi connectivity index (χ1) is 12.0. The second kappa shape index (κ2) is 9.78. The molecule has 1 atom stereocenters. The average Bonchev–Trinajstić information content (AvgIpc) is 2.57. The standard InChI is InChI=1S/C19H28ClN3O2/c1-14(2)8-11-23-12-10-22-19(25)17(23)13-18(24)21-9-7-15-3-5-16(20)6-4-15/h3-6,14,17H,7-13H2,1-2H3,(H,21,24)(H,22,25). The number of piperazine rings is 1. The molecule has 1 aromatic carbocycles. The second-order valence-electron chi connectivity index (χ2n) is 6.96. The predicted octanol–water partition coefficient (Wildman–Crippen LogP) is 2.24. The Bertz CT molecular complexity index is 575. The van der Waals surface area contributed by atoms with E-state index in [0.29, 0.717) is 24.0 Å². The third kappa shape index (κ3) is 6.67. The van der Waals surface area contributed by atoms with Crippen molar-refractivity contribution in [3.63, 3.8) is 0 Å². The lowest BCUT2D eigenvalue weighted by molar-refractivity contribution is -0.134. The molecule has 0 spiro atoms. The van der Waals surface area contributed by atoms with Crippen LogP contribution in [0, 0.1) is 5.92 Å². The van der Waals surface area contributed by atoms with Gasteiger partial charge in [-0.25, -0.2) is 0 Å². The number of benzene rings is 1. The van der Waals surface area contributed by atoms with Gasteiger partial charge in [0.25, 0.3) is 0 Å². The van der Waals surface area contributed by atoms with Crippen LogP contribution in [0.25, 0.3) is 0 Å². The van der Waals surface area contributed by atoms with E-state index < -0.39 is 0 Å². The number of halogens is 1. The molecule has 1 aliphatic heterocycles. The van der Waals surface area contributed by atoms with Crippen LogP contribution in [0.5, 0.6) is 0 Å². The van der Waals surface area contributed by atoms with Crippen molar-refractivity contribution in [3.8, 4) is 0 Å². The van der Waals surface area contributed by atoms with Gasteiger partial charge in [0.1, 0.15) is 0 Å². The Morgan fingerprint density at radius 3 is 2.76 bits per heavy atom. The Morgan fingerprint density at radius 2 is 2.08 bits per heavy atom. The highest BCUT2D eigenvalue weighted by Crippen LogP contribution is 2.12. The van der Waals surface area contributed by atoms with E-state index in [1.165, 1.54) is 0 Å². The summed E-state index contributed by atoms with van der Waals surface area (Å²) in [7, 11) is 0. The molecule has 0 bridgehead atoms. The highest BCUT2D eigenvalue weighted by Gasteiger charge is 2.31. The van der Waals surface area contributed by atoms with Gasteiger partial charge in [-0.15, -0.1) is 0 Å². The Balaban J connectivity index is 1.79. The minimum absolute atomic E-state index is 0.0390. The zero-order chi connectivity index (χ0) is 18.2. The summed E-state index contributed by atoms with van der Waals surface area (Å²) in [6.45, 7) is 7.21. The second-order valence-corrected chi connectivity index (χ2v) is 7.39. The molecule has 0 aliphatic carbocycles. The molecule has 6 heteroatoms. The summed E-state index contributed by atoms with van der Waals surface area (Å²) in [6, 6.07) is 7.24. The maximum Gasteiger partial charge on any atom is 0.237 e. The van der Waals surface area contributed by atoms with Crippen LogP contribution in [0.4, 0.5) is 0 Å². The highest BCUT2D eigenvalue weighted by atomic mass is 35.5. The van der Waals surface area contributed by atoms with Crippen LogP contribution in [0.15, 0.2) is 24.3 Å². The summed E-state index contributed by atoms with van der Waals surface area (Å²) in [4.78, 5) is 26.5. The fourth-order valence-corrected chi connectivity index (χ4v) is 3.05. The summed E-state index contributed by atoms with van der Waals surface area (Å²) in [5.74, 6) is 0.465. The Kier molecular flexibility index (Phi) is 7.72. The van der Waals surface area contributed by atoms with Crippen molar-refractivity contribution >= 4 is 23.4 Å². The fraction of sp³-hybridized carbons (Fsp3) is 0.579. The van der Waals surface area contributed by atoms with E-state index in [4.69, 9.17) is 11.6 Å². The number of hydrogen-bond acceptors (Lipinski definition) is 3. The SMILES string of the molecule is CC(C)CCN1CCNC(=O)C1CC(=O)NCCc1ccc(Cl)cc1. The van der Waals surface area contributed by atoms with Gasteiger partial charge in [0.2, 0.25) is 11.8 Å². The summed E-state index contributed by atoms with van der Waals surface area (Å²) < 4.78 is 0. The minimum atomic E-state index is -0.358. The normalized spacial score (nSPS) is 18.2. The van der Waals surface area contributed by atoms with E-state index in [-0.39, 0.29) is 24.3 Å². The van der Waals surface area contributed by atoms with Crippen molar-refractivity contribution < 1.29 is 9.59 Å². The summed E-state index contributed by atoms with van der Waals surface area (Å²) in [6.07, 6.45) is 1.99. The van der Waals surface area contributed by atoms with Crippen LogP contribution in [0.3, 0.4) is 0 Å². The molecule has 1 aromatic rings. The van der Waals surface area contributed by atoms with E-state index in [2.05, 4.69) is 29.4 Å². The molecule has 1 aliphatic rings. The predicted molar refractivity (Wildman–Crippen MR) is 101 cm³/mol. The number of nitrogens with zero attached hydrogens (tertiary/aromatic N) is 1.